The Labute approximate surface area is 396 Å². The largest absolute Gasteiger partial charge is 0.379 e. The van der Waals surface area contributed by atoms with E-state index >= 15 is 0 Å². The molecule has 6 rings (SSSR count). The van der Waals surface area contributed by atoms with Gasteiger partial charge in [0.1, 0.15) is 0 Å². The number of nitrogens with zero attached hydrogens (tertiary/aromatic N) is 2. The van der Waals surface area contributed by atoms with Crippen molar-refractivity contribution in [2.45, 2.75) is 65.2 Å². The Morgan fingerprint density at radius 3 is 1.33 bits per heavy atom. The molecule has 2 aromatic heterocycles. The van der Waals surface area contributed by atoms with E-state index in [2.05, 4.69) is 13.8 Å². The fraction of sp³-hybridized carbons (Fsp3) is 0.560. The molecule has 0 bridgehead atoms. The fourth-order valence-corrected chi connectivity index (χ4v) is 9.66. The van der Waals surface area contributed by atoms with Crippen molar-refractivity contribution < 1.29 is 57.1 Å². The molecule has 4 heterocycles. The number of imide groups is 2. The monoisotopic (exact) mass is 950 g/mol. The lowest BCUT2D eigenvalue weighted by Crippen LogP contribution is -2.45. The standard InChI is InChI=1S/C50H66N2O12S2/c1-3-5-7-9-19-57-23-27-61-31-33-63-29-25-59-21-17-51-47(53)37-13-14-38-45-44(37)40(49(51)55)36-39(41-15-16-43(66-41)42-12-11-35-65-42)46(45)50(56)52(48(38)54)18-22-60-26-30-64-34-32-62-28-24-58-20-10-8-6-4-2/h11-16,35-36H,3-10,17-34H2,1-2H3. The highest BCUT2D eigenvalue weighted by Crippen LogP contribution is 2.45. The van der Waals surface area contributed by atoms with Crippen molar-refractivity contribution in [3.63, 3.8) is 0 Å². The molecule has 16 heteroatoms. The molecule has 0 unspecified atom stereocenters. The van der Waals surface area contributed by atoms with Crippen molar-refractivity contribution in [2.24, 2.45) is 0 Å². The third kappa shape index (κ3) is 14.3. The Balaban J connectivity index is 1.02. The van der Waals surface area contributed by atoms with Crippen LogP contribution in [-0.4, -0.2) is 152 Å². The number of amides is 4. The zero-order chi connectivity index (χ0) is 46.4. The van der Waals surface area contributed by atoms with E-state index in [1.807, 2.05) is 29.6 Å². The van der Waals surface area contributed by atoms with E-state index in [9.17, 15) is 19.2 Å². The maximum absolute atomic E-state index is 14.6. The number of unbranched alkanes of at least 4 members (excludes halogenated alkanes) is 6. The number of carbonyl (C=O) groups is 4. The van der Waals surface area contributed by atoms with Crippen LogP contribution in [0.4, 0.5) is 0 Å². The van der Waals surface area contributed by atoms with Crippen LogP contribution in [-0.2, 0) is 37.9 Å². The number of carbonyl (C=O) groups excluding carboxylic acids is 4. The zero-order valence-corrected chi connectivity index (χ0v) is 40.2. The van der Waals surface area contributed by atoms with Gasteiger partial charge in [-0.25, -0.2) is 0 Å². The second kappa shape index (κ2) is 28.4. The second-order valence-electron chi connectivity index (χ2n) is 15.9. The number of thiophene rings is 2. The summed E-state index contributed by atoms with van der Waals surface area (Å²) in [4.78, 5) is 62.2. The fourth-order valence-electron chi connectivity index (χ4n) is 7.80. The Hall–Kier alpha value is -3.94. The Morgan fingerprint density at radius 2 is 0.848 bits per heavy atom. The molecule has 0 aliphatic carbocycles. The Bertz CT molecular complexity index is 2140. The lowest BCUT2D eigenvalue weighted by molar-refractivity contribution is -0.00376. The molecule has 0 fully saturated rings. The molecule has 66 heavy (non-hydrogen) atoms. The third-order valence-electron chi connectivity index (χ3n) is 11.2. The highest BCUT2D eigenvalue weighted by atomic mass is 32.1. The van der Waals surface area contributed by atoms with Gasteiger partial charge in [0.15, 0.2) is 0 Å². The minimum absolute atomic E-state index is 0.00712. The molecule has 0 atom stereocenters. The predicted molar refractivity (Wildman–Crippen MR) is 256 cm³/mol. The molecule has 0 saturated heterocycles. The molecule has 4 aromatic rings. The van der Waals surface area contributed by atoms with E-state index in [1.54, 1.807) is 29.5 Å². The third-order valence-corrected chi connectivity index (χ3v) is 13.4. The lowest BCUT2D eigenvalue weighted by atomic mass is 9.83. The number of ether oxygens (including phenoxy) is 8. The normalized spacial score (nSPS) is 13.6. The van der Waals surface area contributed by atoms with Gasteiger partial charge in [0.2, 0.25) is 0 Å². The van der Waals surface area contributed by atoms with Crippen LogP contribution in [0.3, 0.4) is 0 Å². The van der Waals surface area contributed by atoms with Gasteiger partial charge >= 0.3 is 0 Å². The molecule has 2 aromatic carbocycles. The summed E-state index contributed by atoms with van der Waals surface area (Å²) in [5.74, 6) is -2.05. The van der Waals surface area contributed by atoms with E-state index in [4.69, 9.17) is 37.9 Å². The highest BCUT2D eigenvalue weighted by molar-refractivity contribution is 7.23. The van der Waals surface area contributed by atoms with Gasteiger partial charge < -0.3 is 37.9 Å². The average Bonchev–Trinajstić information content (AvgIpc) is 4.05. The molecule has 4 amide bonds. The molecule has 0 N–H and O–H groups in total. The smallest absolute Gasteiger partial charge is 0.262 e. The van der Waals surface area contributed by atoms with E-state index in [0.717, 1.165) is 40.7 Å². The molecule has 0 radical (unpaired) electrons. The van der Waals surface area contributed by atoms with Crippen LogP contribution in [0.2, 0.25) is 0 Å². The van der Waals surface area contributed by atoms with Gasteiger partial charge in [-0.2, -0.15) is 0 Å². The summed E-state index contributed by atoms with van der Waals surface area (Å²) in [7, 11) is 0. The number of hydrogen-bond donors (Lipinski definition) is 0. The maximum Gasteiger partial charge on any atom is 0.262 e. The second-order valence-corrected chi connectivity index (χ2v) is 18.0. The van der Waals surface area contributed by atoms with Crippen LogP contribution in [0.25, 0.3) is 31.0 Å². The van der Waals surface area contributed by atoms with E-state index in [1.165, 1.54) is 59.7 Å². The summed E-state index contributed by atoms with van der Waals surface area (Å²) in [6.07, 6.45) is 9.39. The number of benzene rings is 2. The van der Waals surface area contributed by atoms with Crippen LogP contribution >= 0.6 is 22.7 Å². The predicted octanol–water partition coefficient (Wildman–Crippen LogP) is 8.78. The summed E-state index contributed by atoms with van der Waals surface area (Å²) in [5.41, 5.74) is 1.56. The molecular weight excluding hydrogens is 885 g/mol. The summed E-state index contributed by atoms with van der Waals surface area (Å²) in [6.45, 7) is 11.2. The van der Waals surface area contributed by atoms with Crippen LogP contribution in [0.5, 0.6) is 0 Å². The van der Waals surface area contributed by atoms with Gasteiger partial charge in [-0.05, 0) is 54.6 Å². The van der Waals surface area contributed by atoms with Crippen molar-refractivity contribution in [1.82, 2.24) is 9.80 Å². The van der Waals surface area contributed by atoms with Crippen LogP contribution in [0.15, 0.2) is 47.8 Å². The minimum atomic E-state index is -0.513. The first kappa shape index (κ1) is 51.5. The van der Waals surface area contributed by atoms with Crippen molar-refractivity contribution in [3.8, 4) is 20.2 Å². The van der Waals surface area contributed by atoms with Gasteiger partial charge in [0.25, 0.3) is 23.6 Å². The first-order valence-electron chi connectivity index (χ1n) is 23.6. The summed E-state index contributed by atoms with van der Waals surface area (Å²) in [5, 5.41) is 2.64. The molecule has 14 nitrogen and oxygen atoms in total. The molecule has 0 saturated carbocycles. The summed E-state index contributed by atoms with van der Waals surface area (Å²) >= 11 is 3.10. The zero-order valence-electron chi connectivity index (χ0n) is 38.6. The lowest BCUT2D eigenvalue weighted by Gasteiger charge is -2.33. The quantitative estimate of drug-likeness (QED) is 0.0317. The average molecular weight is 951 g/mol. The minimum Gasteiger partial charge on any atom is -0.379 e. The molecule has 2 aliphatic heterocycles. The van der Waals surface area contributed by atoms with E-state index in [0.29, 0.717) is 82.4 Å². The number of hydrogen-bond acceptors (Lipinski definition) is 14. The summed E-state index contributed by atoms with van der Waals surface area (Å²) in [6, 6.07) is 12.8. The van der Waals surface area contributed by atoms with Crippen molar-refractivity contribution in [2.75, 3.05) is 119 Å². The van der Waals surface area contributed by atoms with Gasteiger partial charge in [-0.1, -0.05) is 58.4 Å². The van der Waals surface area contributed by atoms with Gasteiger partial charge in [0.05, 0.1) is 111 Å². The van der Waals surface area contributed by atoms with Crippen molar-refractivity contribution >= 4 is 57.1 Å². The van der Waals surface area contributed by atoms with Crippen molar-refractivity contribution in [1.29, 1.82) is 0 Å². The first-order chi connectivity index (χ1) is 32.5. The van der Waals surface area contributed by atoms with Gasteiger partial charge in [0, 0.05) is 60.9 Å². The molecular formula is C50H66N2O12S2. The van der Waals surface area contributed by atoms with Crippen LogP contribution in [0.1, 0.15) is 107 Å². The highest BCUT2D eigenvalue weighted by Gasteiger charge is 2.41. The van der Waals surface area contributed by atoms with Crippen LogP contribution in [0, 0.1) is 0 Å². The van der Waals surface area contributed by atoms with Crippen LogP contribution < -0.4 is 0 Å². The Kier molecular flexibility index (Phi) is 22.1. The van der Waals surface area contributed by atoms with E-state index in [-0.39, 0.29) is 61.8 Å². The first-order valence-corrected chi connectivity index (χ1v) is 25.3. The van der Waals surface area contributed by atoms with Crippen molar-refractivity contribution in [3.05, 3.63) is 70.1 Å². The Morgan fingerprint density at radius 1 is 0.409 bits per heavy atom. The molecule has 2 aliphatic rings. The summed E-state index contributed by atoms with van der Waals surface area (Å²) < 4.78 is 45.2. The topological polar surface area (TPSA) is 149 Å². The molecule has 0 spiro atoms. The van der Waals surface area contributed by atoms with Gasteiger partial charge in [-0.3, -0.25) is 29.0 Å². The SMILES string of the molecule is CCCCCCOCCOCCOCCOCCN1C(=O)c2ccc3c4c(c(-c5ccc(-c6cccs6)s5)cc(c24)C1=O)C(=O)N(CCOCCOCCOCCOCCCCCC)C3=O. The molecule has 360 valence electrons. The maximum atomic E-state index is 14.6. The van der Waals surface area contributed by atoms with Gasteiger partial charge in [-0.15, -0.1) is 22.7 Å². The number of rotatable bonds is 36. The van der Waals surface area contributed by atoms with E-state index < -0.39 is 23.6 Å².